The van der Waals surface area contributed by atoms with E-state index in [9.17, 15) is 9.18 Å². The Morgan fingerprint density at radius 1 is 1.33 bits per heavy atom. The Labute approximate surface area is 172 Å². The second-order valence-corrected chi connectivity index (χ2v) is 6.76. The normalized spacial score (nSPS) is 14.9. The number of carbonyl (C=O) groups excluding carboxylic acids is 1. The highest BCUT2D eigenvalue weighted by atomic mass is 19.1. The average Bonchev–Trinajstić information content (AvgIpc) is 3.22. The van der Waals surface area contributed by atoms with Gasteiger partial charge in [-0.2, -0.15) is 9.49 Å². The maximum absolute atomic E-state index is 13.0. The smallest absolute Gasteiger partial charge is 0.235 e. The number of amides is 1. The maximum Gasteiger partial charge on any atom is 0.235 e. The zero-order valence-electron chi connectivity index (χ0n) is 16.8. The lowest BCUT2D eigenvalue weighted by molar-refractivity contribution is -0.105. The molecule has 156 valence electrons. The van der Waals surface area contributed by atoms with Crippen molar-refractivity contribution < 1.29 is 9.18 Å². The predicted molar refractivity (Wildman–Crippen MR) is 114 cm³/mol. The van der Waals surface area contributed by atoms with Crippen LogP contribution in [-0.4, -0.2) is 52.0 Å². The number of pyridine rings is 1. The quantitative estimate of drug-likeness (QED) is 0.337. The van der Waals surface area contributed by atoms with Crippen LogP contribution >= 0.6 is 0 Å². The lowest BCUT2D eigenvalue weighted by Gasteiger charge is -2.10. The highest BCUT2D eigenvalue weighted by Gasteiger charge is 2.27. The molecule has 30 heavy (non-hydrogen) atoms. The van der Waals surface area contributed by atoms with E-state index in [4.69, 9.17) is 5.41 Å². The van der Waals surface area contributed by atoms with Crippen molar-refractivity contribution in [1.29, 1.82) is 5.41 Å². The Morgan fingerprint density at radius 2 is 2.13 bits per heavy atom. The van der Waals surface area contributed by atoms with Crippen LogP contribution in [0.5, 0.6) is 0 Å². The monoisotopic (exact) mass is 411 g/mol. The van der Waals surface area contributed by atoms with E-state index < -0.39 is 5.95 Å². The molecule has 1 unspecified atom stereocenters. The van der Waals surface area contributed by atoms with Crippen molar-refractivity contribution in [3.8, 4) is 0 Å². The molecular weight excluding hydrogens is 389 g/mol. The summed E-state index contributed by atoms with van der Waals surface area (Å²) in [6.07, 6.45) is 6.26. The van der Waals surface area contributed by atoms with E-state index in [0.717, 1.165) is 29.7 Å². The molecule has 1 atom stereocenters. The lowest BCUT2D eigenvalue weighted by atomic mass is 10.1. The maximum atomic E-state index is 13.0. The summed E-state index contributed by atoms with van der Waals surface area (Å²) >= 11 is 0. The second kappa shape index (κ2) is 9.07. The molecular formula is C19H22FN9O. The zero-order chi connectivity index (χ0) is 21.7. The molecule has 0 saturated carbocycles. The molecule has 3 aromatic heterocycles. The molecule has 3 N–H and O–H groups in total. The summed E-state index contributed by atoms with van der Waals surface area (Å²) in [5, 5.41) is 16.8. The fourth-order valence-corrected chi connectivity index (χ4v) is 3.24. The minimum absolute atomic E-state index is 0.356. The number of hydrogen-bond acceptors (Lipinski definition) is 8. The van der Waals surface area contributed by atoms with E-state index in [0.29, 0.717) is 29.5 Å². The number of hydrogen-bond donors (Lipinski definition) is 3. The van der Waals surface area contributed by atoms with Gasteiger partial charge in [-0.1, -0.05) is 6.92 Å². The van der Waals surface area contributed by atoms with E-state index in [1.54, 1.807) is 16.8 Å². The molecule has 4 rings (SSSR count). The molecule has 11 heteroatoms. The summed E-state index contributed by atoms with van der Waals surface area (Å²) in [5.74, 6) is 0.469. The summed E-state index contributed by atoms with van der Waals surface area (Å²) in [7, 11) is 2.01. The summed E-state index contributed by atoms with van der Waals surface area (Å²) in [6, 6.07) is 3.12. The molecule has 0 radical (unpaired) electrons. The van der Waals surface area contributed by atoms with Gasteiger partial charge in [0.15, 0.2) is 5.65 Å². The highest BCUT2D eigenvalue weighted by Crippen LogP contribution is 2.34. The molecule has 0 fully saturated rings. The van der Waals surface area contributed by atoms with Gasteiger partial charge in [0.25, 0.3) is 0 Å². The summed E-state index contributed by atoms with van der Waals surface area (Å²) in [4.78, 5) is 20.5. The fraction of sp³-hybridized carbons (Fsp3) is 0.263. The summed E-state index contributed by atoms with van der Waals surface area (Å²) < 4.78 is 14.6. The number of nitrogens with zero attached hydrogens (tertiary/aromatic N) is 6. The molecule has 1 aliphatic heterocycles. The van der Waals surface area contributed by atoms with Gasteiger partial charge in [-0.3, -0.25) is 10.2 Å². The van der Waals surface area contributed by atoms with Gasteiger partial charge in [0.2, 0.25) is 12.4 Å². The van der Waals surface area contributed by atoms with Gasteiger partial charge in [-0.15, -0.1) is 5.10 Å². The van der Waals surface area contributed by atoms with E-state index in [1.807, 2.05) is 14.0 Å². The third-order valence-electron chi connectivity index (χ3n) is 4.52. The number of aromatic nitrogens is 4. The van der Waals surface area contributed by atoms with Crippen LogP contribution in [0.25, 0.3) is 5.65 Å². The molecule has 0 spiro atoms. The number of fused-ring (bicyclic) bond motifs is 3. The number of aryl methyl sites for hydroxylation is 1. The molecule has 0 aromatic carbocycles. The summed E-state index contributed by atoms with van der Waals surface area (Å²) in [6.45, 7) is 4.88. The Morgan fingerprint density at radius 3 is 2.83 bits per heavy atom. The minimum atomic E-state index is -0.474. The van der Waals surface area contributed by atoms with Gasteiger partial charge >= 0.3 is 0 Å². The van der Waals surface area contributed by atoms with Gasteiger partial charge in [0.1, 0.15) is 5.82 Å². The van der Waals surface area contributed by atoms with Crippen molar-refractivity contribution in [1.82, 2.24) is 19.6 Å². The molecule has 10 nitrogen and oxygen atoms in total. The molecule has 0 saturated heterocycles. The van der Waals surface area contributed by atoms with Crippen molar-refractivity contribution in [3.05, 3.63) is 41.7 Å². The number of likely N-dealkylation sites (N-methyl/N-ethyl adjacent to an activating group) is 1. The Kier molecular flexibility index (Phi) is 6.30. The highest BCUT2D eigenvalue weighted by molar-refractivity contribution is 6.14. The minimum Gasteiger partial charge on any atom is -0.371 e. The largest absolute Gasteiger partial charge is 0.371 e. The number of rotatable bonds is 5. The molecule has 3 aromatic rings. The van der Waals surface area contributed by atoms with E-state index in [-0.39, 0.29) is 0 Å². The van der Waals surface area contributed by atoms with Crippen molar-refractivity contribution in [2.45, 2.75) is 19.8 Å². The van der Waals surface area contributed by atoms with E-state index >= 15 is 0 Å². The summed E-state index contributed by atoms with van der Waals surface area (Å²) in [5.41, 5.74) is 6.82. The van der Waals surface area contributed by atoms with Crippen molar-refractivity contribution in [3.63, 3.8) is 0 Å². The lowest BCUT2D eigenvalue weighted by Crippen LogP contribution is -2.13. The van der Waals surface area contributed by atoms with Crippen molar-refractivity contribution >= 4 is 41.7 Å². The van der Waals surface area contributed by atoms with Crippen LogP contribution in [0.1, 0.15) is 24.1 Å². The van der Waals surface area contributed by atoms with Crippen molar-refractivity contribution in [2.24, 2.45) is 5.10 Å². The average molecular weight is 411 g/mol. The number of halogens is 1. The Hall–Kier alpha value is -3.89. The number of anilines is 3. The van der Waals surface area contributed by atoms with Crippen LogP contribution in [-0.2, 0) is 4.79 Å². The van der Waals surface area contributed by atoms with Gasteiger partial charge in [0, 0.05) is 31.8 Å². The molecule has 1 amide bonds. The third-order valence-corrected chi connectivity index (χ3v) is 4.52. The first kappa shape index (κ1) is 20.8. The third kappa shape index (κ3) is 4.40. The van der Waals surface area contributed by atoms with E-state index in [2.05, 4.69) is 42.7 Å². The predicted octanol–water partition coefficient (Wildman–Crippen LogP) is 2.43. The van der Waals surface area contributed by atoms with Gasteiger partial charge in [-0.25, -0.2) is 14.5 Å². The first-order chi connectivity index (χ1) is 14.4. The fourth-order valence-electron chi connectivity index (χ4n) is 3.24. The molecule has 1 aliphatic rings. The van der Waals surface area contributed by atoms with Crippen LogP contribution in [0.2, 0.25) is 0 Å². The standard InChI is InChI=1S/C10H11FN4.C9H11N5O/c1-6-5-14(2)7-4-12-9-3-8(11)13-15(9)10(6)7;1-7-4-8(12-6-15)5-11-9(7)14-13-3-2-10/h3-4,6H,5H2,1-2H3;2-6,10H,1H3,(H,11,14)(H,12,15)/b;10-2?,13-3-. The first-order valence-electron chi connectivity index (χ1n) is 9.14. The SMILES string of the molecule is CC1CN(C)c2cnc3cc(F)nn3c21.Cc1cc(NC=O)cnc1N/N=C\C=N. The molecule has 0 bridgehead atoms. The number of carbonyl (C=O) groups is 1. The Bertz CT molecular complexity index is 1100. The van der Waals surface area contributed by atoms with Crippen LogP contribution in [0, 0.1) is 18.3 Å². The van der Waals surface area contributed by atoms with Gasteiger partial charge < -0.3 is 15.6 Å². The topological polar surface area (TPSA) is 124 Å². The molecule has 4 heterocycles. The number of nitrogens with one attached hydrogen (secondary N) is 3. The Balaban J connectivity index is 0.000000171. The first-order valence-corrected chi connectivity index (χ1v) is 9.14. The van der Waals surface area contributed by atoms with Gasteiger partial charge in [-0.05, 0) is 18.6 Å². The van der Waals surface area contributed by atoms with Gasteiger partial charge in [0.05, 0.1) is 35.7 Å². The zero-order valence-corrected chi connectivity index (χ0v) is 16.8. The van der Waals surface area contributed by atoms with Crippen LogP contribution in [0.15, 0.2) is 29.6 Å². The van der Waals surface area contributed by atoms with Crippen LogP contribution in [0.4, 0.5) is 21.6 Å². The number of hydrazone groups is 1. The van der Waals surface area contributed by atoms with E-state index in [1.165, 1.54) is 18.5 Å². The van der Waals surface area contributed by atoms with Crippen molar-refractivity contribution in [2.75, 3.05) is 29.2 Å². The van der Waals surface area contributed by atoms with Crippen LogP contribution in [0.3, 0.4) is 0 Å². The molecule has 0 aliphatic carbocycles. The second-order valence-electron chi connectivity index (χ2n) is 6.76. The van der Waals surface area contributed by atoms with Crippen LogP contribution < -0.4 is 15.6 Å².